The van der Waals surface area contributed by atoms with Crippen molar-refractivity contribution < 1.29 is 9.53 Å². The molecular formula is C23H38ClIN2O2. The Hall–Kier alpha value is 0.410. The quantitative estimate of drug-likeness (QED) is 0.313. The van der Waals surface area contributed by atoms with Crippen LogP contribution in [0.1, 0.15) is 70.6 Å². The minimum atomic E-state index is 0.0627. The minimum absolute atomic E-state index is 0.0627. The Kier molecular flexibility index (Phi) is 7.72. The second-order valence-corrected chi connectivity index (χ2v) is 12.4. The molecule has 4 rings (SSSR count). The van der Waals surface area contributed by atoms with Crippen molar-refractivity contribution in [3.05, 3.63) is 0 Å². The van der Waals surface area contributed by atoms with Crippen LogP contribution in [-0.4, -0.2) is 52.0 Å². The molecule has 2 aliphatic heterocycles. The molecule has 2 saturated carbocycles. The number of esters is 1. The summed E-state index contributed by atoms with van der Waals surface area (Å²) in [5.41, 5.74) is 6.15. The maximum absolute atomic E-state index is 13.3. The SMILES string of the molecule is CN1C2CCC1C(C(=O)OCCC1CCC(N)C(I)C1)[C@@H](C1CCC(Cl)CC1)C2. The zero-order chi connectivity index (χ0) is 20.5. The molecule has 0 amide bonds. The van der Waals surface area contributed by atoms with E-state index >= 15 is 0 Å². The minimum Gasteiger partial charge on any atom is -0.465 e. The van der Waals surface area contributed by atoms with Gasteiger partial charge in [0.1, 0.15) is 0 Å². The molecule has 2 saturated heterocycles. The van der Waals surface area contributed by atoms with Crippen molar-refractivity contribution in [3.8, 4) is 0 Å². The summed E-state index contributed by atoms with van der Waals surface area (Å²) >= 11 is 8.86. The van der Waals surface area contributed by atoms with Crippen LogP contribution < -0.4 is 5.73 Å². The predicted octanol–water partition coefficient (Wildman–Crippen LogP) is 4.75. The van der Waals surface area contributed by atoms with Crippen molar-refractivity contribution in [2.75, 3.05) is 13.7 Å². The van der Waals surface area contributed by atoms with Crippen molar-refractivity contribution in [2.45, 2.75) is 98.1 Å². The van der Waals surface area contributed by atoms with Gasteiger partial charge in [-0.2, -0.15) is 0 Å². The highest BCUT2D eigenvalue weighted by molar-refractivity contribution is 14.1. The van der Waals surface area contributed by atoms with E-state index in [1.165, 1.54) is 38.5 Å². The van der Waals surface area contributed by atoms with Crippen LogP contribution in [0.3, 0.4) is 0 Å². The van der Waals surface area contributed by atoms with E-state index in [-0.39, 0.29) is 11.9 Å². The summed E-state index contributed by atoms with van der Waals surface area (Å²) in [5.74, 6) is 1.95. The Morgan fingerprint density at radius 2 is 1.86 bits per heavy atom. The van der Waals surface area contributed by atoms with Crippen LogP contribution in [0.2, 0.25) is 0 Å². The van der Waals surface area contributed by atoms with E-state index in [1.807, 2.05) is 0 Å². The molecule has 0 aromatic carbocycles. The molecule has 0 radical (unpaired) electrons. The number of ether oxygens (including phenoxy) is 1. The second-order valence-electron chi connectivity index (χ2n) is 10.2. The van der Waals surface area contributed by atoms with Crippen LogP contribution in [-0.2, 0) is 9.53 Å². The molecule has 6 heteroatoms. The van der Waals surface area contributed by atoms with Crippen LogP contribution in [0.25, 0.3) is 0 Å². The molecule has 4 aliphatic rings. The van der Waals surface area contributed by atoms with E-state index in [1.54, 1.807) is 0 Å². The van der Waals surface area contributed by atoms with Gasteiger partial charge in [-0.05, 0) is 95.4 Å². The van der Waals surface area contributed by atoms with E-state index in [4.69, 9.17) is 22.1 Å². The van der Waals surface area contributed by atoms with Crippen molar-refractivity contribution >= 4 is 40.2 Å². The fraction of sp³-hybridized carbons (Fsp3) is 0.957. The summed E-state index contributed by atoms with van der Waals surface area (Å²) in [6.45, 7) is 0.583. The first-order chi connectivity index (χ1) is 13.9. The summed E-state index contributed by atoms with van der Waals surface area (Å²) in [6, 6.07) is 1.38. The lowest BCUT2D eigenvalue weighted by Crippen LogP contribution is -2.52. The summed E-state index contributed by atoms with van der Waals surface area (Å²) in [4.78, 5) is 15.8. The maximum atomic E-state index is 13.3. The van der Waals surface area contributed by atoms with E-state index in [0.29, 0.717) is 51.8 Å². The lowest BCUT2D eigenvalue weighted by Gasteiger charge is -2.46. The standard InChI is InChI=1S/C23H38ClIN2O2/c1-27-17-7-9-21(27)22(18(13-17)15-3-5-16(24)6-4-15)23(28)29-11-10-14-2-8-20(26)19(25)12-14/h14-22H,2-13,26H2,1H3/t14?,15?,16?,17?,18-,19?,20?,21?,22?/m1/s1. The number of rotatable bonds is 5. The van der Waals surface area contributed by atoms with Crippen LogP contribution in [0.15, 0.2) is 0 Å². The number of alkyl halides is 2. The Morgan fingerprint density at radius 1 is 1.10 bits per heavy atom. The molecule has 2 bridgehead atoms. The lowest BCUT2D eigenvalue weighted by atomic mass is 9.68. The van der Waals surface area contributed by atoms with Crippen LogP contribution in [0.5, 0.6) is 0 Å². The largest absolute Gasteiger partial charge is 0.465 e. The highest BCUT2D eigenvalue weighted by Crippen LogP contribution is 2.48. The average Bonchev–Trinajstić information content (AvgIpc) is 2.93. The normalized spacial score (nSPS) is 45.9. The number of piperidine rings is 1. The third kappa shape index (κ3) is 5.09. The molecule has 29 heavy (non-hydrogen) atoms. The van der Waals surface area contributed by atoms with Gasteiger partial charge in [0.05, 0.1) is 12.5 Å². The zero-order valence-electron chi connectivity index (χ0n) is 17.8. The number of nitrogens with two attached hydrogens (primary N) is 1. The monoisotopic (exact) mass is 536 g/mol. The first-order valence-electron chi connectivity index (χ1n) is 11.9. The first-order valence-corrected chi connectivity index (χ1v) is 13.5. The average molecular weight is 537 g/mol. The van der Waals surface area contributed by atoms with Crippen LogP contribution in [0.4, 0.5) is 0 Å². The zero-order valence-corrected chi connectivity index (χ0v) is 20.7. The van der Waals surface area contributed by atoms with E-state index in [9.17, 15) is 4.79 Å². The van der Waals surface area contributed by atoms with Gasteiger partial charge in [-0.3, -0.25) is 9.69 Å². The predicted molar refractivity (Wildman–Crippen MR) is 126 cm³/mol. The molecule has 2 N–H and O–H groups in total. The molecule has 7 atom stereocenters. The van der Waals surface area contributed by atoms with Crippen molar-refractivity contribution in [2.24, 2.45) is 29.4 Å². The van der Waals surface area contributed by atoms with Gasteiger partial charge in [-0.25, -0.2) is 0 Å². The van der Waals surface area contributed by atoms with Gasteiger partial charge in [0.25, 0.3) is 0 Å². The number of hydrogen-bond acceptors (Lipinski definition) is 4. The third-order valence-electron chi connectivity index (χ3n) is 8.60. The summed E-state index contributed by atoms with van der Waals surface area (Å²) in [7, 11) is 2.22. The Morgan fingerprint density at radius 3 is 2.59 bits per heavy atom. The van der Waals surface area contributed by atoms with Crippen molar-refractivity contribution in [1.29, 1.82) is 0 Å². The van der Waals surface area contributed by atoms with E-state index < -0.39 is 0 Å². The molecule has 2 heterocycles. The third-order valence-corrected chi connectivity index (χ3v) is 10.5. The summed E-state index contributed by atoms with van der Waals surface area (Å²) in [6.07, 6.45) is 12.6. The number of fused-ring (bicyclic) bond motifs is 2. The number of hydrogen-bond donors (Lipinski definition) is 1. The molecule has 2 aliphatic carbocycles. The fourth-order valence-electron chi connectivity index (χ4n) is 6.73. The molecule has 0 aromatic rings. The topological polar surface area (TPSA) is 55.6 Å². The molecule has 4 nitrogen and oxygen atoms in total. The van der Waals surface area contributed by atoms with Gasteiger partial charge >= 0.3 is 5.97 Å². The molecular weight excluding hydrogens is 499 g/mol. The van der Waals surface area contributed by atoms with Gasteiger partial charge in [-0.1, -0.05) is 22.6 Å². The van der Waals surface area contributed by atoms with Gasteiger partial charge < -0.3 is 10.5 Å². The van der Waals surface area contributed by atoms with Gasteiger partial charge in [-0.15, -0.1) is 11.6 Å². The van der Waals surface area contributed by atoms with Crippen LogP contribution >= 0.6 is 34.2 Å². The maximum Gasteiger partial charge on any atom is 0.310 e. The van der Waals surface area contributed by atoms with E-state index in [2.05, 4.69) is 34.5 Å². The summed E-state index contributed by atoms with van der Waals surface area (Å²) < 4.78 is 6.52. The molecule has 6 unspecified atom stereocenters. The number of carbonyl (C=O) groups is 1. The van der Waals surface area contributed by atoms with Crippen LogP contribution in [0, 0.1) is 23.7 Å². The molecule has 166 valence electrons. The molecule has 4 fully saturated rings. The Labute approximate surface area is 195 Å². The highest BCUT2D eigenvalue weighted by Gasteiger charge is 2.51. The molecule has 0 aromatic heterocycles. The van der Waals surface area contributed by atoms with Gasteiger partial charge in [0, 0.05) is 27.4 Å². The Balaban J connectivity index is 1.35. The van der Waals surface area contributed by atoms with E-state index in [0.717, 1.165) is 32.1 Å². The van der Waals surface area contributed by atoms with Gasteiger partial charge in [0.15, 0.2) is 0 Å². The Bertz CT molecular complexity index is 571. The smallest absolute Gasteiger partial charge is 0.310 e. The number of halogens is 2. The number of carbonyl (C=O) groups excluding carboxylic acids is 1. The first kappa shape index (κ1) is 22.6. The second kappa shape index (κ2) is 9.91. The fourth-order valence-corrected chi connectivity index (χ4v) is 8.06. The molecule has 0 spiro atoms. The lowest BCUT2D eigenvalue weighted by molar-refractivity contribution is -0.157. The van der Waals surface area contributed by atoms with Crippen molar-refractivity contribution in [1.82, 2.24) is 4.90 Å². The van der Waals surface area contributed by atoms with Gasteiger partial charge in [0.2, 0.25) is 0 Å². The highest BCUT2D eigenvalue weighted by atomic mass is 127. The number of nitrogens with zero attached hydrogens (tertiary/aromatic N) is 1. The van der Waals surface area contributed by atoms with Crippen molar-refractivity contribution in [3.63, 3.8) is 0 Å². The summed E-state index contributed by atoms with van der Waals surface area (Å²) in [5, 5.41) is 0.338.